The summed E-state index contributed by atoms with van der Waals surface area (Å²) < 4.78 is 10.5. The molecular formula is C13H14N4O4. The molecule has 21 heavy (non-hydrogen) atoms. The van der Waals surface area contributed by atoms with Gasteiger partial charge in [0.2, 0.25) is 5.88 Å². The van der Waals surface area contributed by atoms with Crippen molar-refractivity contribution in [3.8, 4) is 11.6 Å². The lowest BCUT2D eigenvalue weighted by Crippen LogP contribution is -2.03. The Morgan fingerprint density at radius 3 is 2.81 bits per heavy atom. The number of rotatable bonds is 5. The van der Waals surface area contributed by atoms with Crippen molar-refractivity contribution in [3.63, 3.8) is 0 Å². The molecule has 0 spiro atoms. The SMILES string of the molecule is COCc1nc(N)cc(Oc2cccc([N+](=O)[O-])c2C)n1. The predicted molar refractivity (Wildman–Crippen MR) is 75.1 cm³/mol. The summed E-state index contributed by atoms with van der Waals surface area (Å²) in [4.78, 5) is 18.6. The zero-order chi connectivity index (χ0) is 15.4. The first-order valence-electron chi connectivity index (χ1n) is 6.05. The lowest BCUT2D eigenvalue weighted by Gasteiger charge is -2.09. The fraction of sp³-hybridized carbons (Fsp3) is 0.231. The van der Waals surface area contributed by atoms with E-state index in [1.54, 1.807) is 19.1 Å². The second kappa shape index (κ2) is 6.14. The van der Waals surface area contributed by atoms with Crippen LogP contribution in [0.5, 0.6) is 11.6 Å². The smallest absolute Gasteiger partial charge is 0.276 e. The first-order chi connectivity index (χ1) is 10.0. The normalized spacial score (nSPS) is 10.4. The maximum absolute atomic E-state index is 10.9. The van der Waals surface area contributed by atoms with Gasteiger partial charge >= 0.3 is 0 Å². The molecule has 0 atom stereocenters. The van der Waals surface area contributed by atoms with Crippen LogP contribution >= 0.6 is 0 Å². The molecule has 0 bridgehead atoms. The van der Waals surface area contributed by atoms with Crippen molar-refractivity contribution < 1.29 is 14.4 Å². The fourth-order valence-corrected chi connectivity index (χ4v) is 1.76. The van der Waals surface area contributed by atoms with E-state index in [1.807, 2.05) is 0 Å². The lowest BCUT2D eigenvalue weighted by atomic mass is 10.2. The van der Waals surface area contributed by atoms with Gasteiger partial charge in [0.15, 0.2) is 5.82 Å². The molecule has 0 radical (unpaired) electrons. The molecule has 8 nitrogen and oxygen atoms in total. The van der Waals surface area contributed by atoms with E-state index in [2.05, 4.69) is 9.97 Å². The van der Waals surface area contributed by atoms with Crippen LogP contribution < -0.4 is 10.5 Å². The highest BCUT2D eigenvalue weighted by Crippen LogP contribution is 2.30. The molecule has 2 rings (SSSR count). The molecule has 0 unspecified atom stereocenters. The minimum absolute atomic E-state index is 0.0216. The molecule has 0 saturated heterocycles. The number of nitro groups is 1. The summed E-state index contributed by atoms with van der Waals surface area (Å²) in [5.41, 5.74) is 6.05. The number of anilines is 1. The summed E-state index contributed by atoms with van der Waals surface area (Å²) in [6, 6.07) is 6.02. The minimum atomic E-state index is -0.465. The van der Waals surface area contributed by atoms with Crippen LogP contribution in [0.1, 0.15) is 11.4 Å². The van der Waals surface area contributed by atoms with Gasteiger partial charge in [0, 0.05) is 19.2 Å². The summed E-state index contributed by atoms with van der Waals surface area (Å²) in [7, 11) is 1.51. The molecule has 1 aromatic heterocycles. The summed E-state index contributed by atoms with van der Waals surface area (Å²) in [6.45, 7) is 1.80. The van der Waals surface area contributed by atoms with E-state index in [4.69, 9.17) is 15.2 Å². The zero-order valence-corrected chi connectivity index (χ0v) is 11.6. The molecule has 110 valence electrons. The first kappa shape index (κ1) is 14.7. The molecule has 1 heterocycles. The van der Waals surface area contributed by atoms with Crippen molar-refractivity contribution in [2.45, 2.75) is 13.5 Å². The monoisotopic (exact) mass is 290 g/mol. The number of ether oxygens (including phenoxy) is 2. The summed E-state index contributed by atoms with van der Waals surface area (Å²) in [5, 5.41) is 10.9. The Kier molecular flexibility index (Phi) is 4.29. The van der Waals surface area contributed by atoms with Crippen molar-refractivity contribution in [3.05, 3.63) is 45.8 Å². The van der Waals surface area contributed by atoms with Gasteiger partial charge < -0.3 is 15.2 Å². The number of nitrogens with zero attached hydrogens (tertiary/aromatic N) is 3. The van der Waals surface area contributed by atoms with Crippen LogP contribution in [-0.4, -0.2) is 22.0 Å². The fourth-order valence-electron chi connectivity index (χ4n) is 1.76. The van der Waals surface area contributed by atoms with Gasteiger partial charge in [0.25, 0.3) is 5.69 Å². The Balaban J connectivity index is 2.34. The number of hydrogen-bond donors (Lipinski definition) is 1. The number of nitrogens with two attached hydrogens (primary N) is 1. The van der Waals surface area contributed by atoms with Gasteiger partial charge in [-0.15, -0.1) is 0 Å². The molecular weight excluding hydrogens is 276 g/mol. The predicted octanol–water partition coefficient (Wildman–Crippen LogP) is 2.21. The molecule has 0 amide bonds. The molecule has 0 aliphatic rings. The maximum Gasteiger partial charge on any atom is 0.276 e. The largest absolute Gasteiger partial charge is 0.438 e. The van der Waals surface area contributed by atoms with Gasteiger partial charge in [-0.3, -0.25) is 10.1 Å². The summed E-state index contributed by atoms with van der Waals surface area (Å²) >= 11 is 0. The number of aromatic nitrogens is 2. The summed E-state index contributed by atoms with van der Waals surface area (Å²) in [6.07, 6.45) is 0. The molecule has 2 aromatic rings. The molecule has 2 N–H and O–H groups in total. The van der Waals surface area contributed by atoms with Crippen LogP contribution in [0.3, 0.4) is 0 Å². The Hall–Kier alpha value is -2.74. The number of nitro benzene ring substituents is 1. The van der Waals surface area contributed by atoms with Crippen LogP contribution in [0.25, 0.3) is 0 Å². The maximum atomic E-state index is 10.9. The number of methoxy groups -OCH3 is 1. The minimum Gasteiger partial charge on any atom is -0.438 e. The number of benzene rings is 1. The quantitative estimate of drug-likeness (QED) is 0.663. The highest BCUT2D eigenvalue weighted by Gasteiger charge is 2.15. The van der Waals surface area contributed by atoms with Crippen LogP contribution in [0.2, 0.25) is 0 Å². The summed E-state index contributed by atoms with van der Waals surface area (Å²) in [5.74, 6) is 1.15. The van der Waals surface area contributed by atoms with Crippen molar-refractivity contribution in [2.24, 2.45) is 0 Å². The molecule has 0 saturated carbocycles. The van der Waals surface area contributed by atoms with E-state index in [0.717, 1.165) is 0 Å². The van der Waals surface area contributed by atoms with Gasteiger partial charge in [-0.05, 0) is 13.0 Å². The molecule has 8 heteroatoms. The van der Waals surface area contributed by atoms with E-state index < -0.39 is 4.92 Å². The van der Waals surface area contributed by atoms with E-state index in [1.165, 1.54) is 19.2 Å². The van der Waals surface area contributed by atoms with Crippen molar-refractivity contribution in [2.75, 3.05) is 12.8 Å². The average Bonchev–Trinajstić information content (AvgIpc) is 2.40. The third kappa shape index (κ3) is 3.42. The Bertz CT molecular complexity index is 675. The van der Waals surface area contributed by atoms with Crippen molar-refractivity contribution in [1.82, 2.24) is 9.97 Å². The third-order valence-electron chi connectivity index (χ3n) is 2.71. The standard InChI is InChI=1S/C13H14N4O4/c1-8-9(17(18)19)4-3-5-10(8)21-13-6-11(14)15-12(16-13)7-20-2/h3-6H,7H2,1-2H3,(H2,14,15,16). The Morgan fingerprint density at radius 1 is 1.38 bits per heavy atom. The highest BCUT2D eigenvalue weighted by atomic mass is 16.6. The first-order valence-corrected chi connectivity index (χ1v) is 6.05. The second-order valence-electron chi connectivity index (χ2n) is 4.24. The van der Waals surface area contributed by atoms with Gasteiger partial charge in [-0.25, -0.2) is 4.98 Å². The van der Waals surface area contributed by atoms with Gasteiger partial charge in [0.1, 0.15) is 18.2 Å². The molecule has 0 aliphatic carbocycles. The number of nitrogen functional groups attached to an aromatic ring is 1. The molecule has 0 fully saturated rings. The van der Waals surface area contributed by atoms with E-state index in [9.17, 15) is 10.1 Å². The van der Waals surface area contributed by atoms with Crippen molar-refractivity contribution >= 4 is 11.5 Å². The van der Waals surface area contributed by atoms with Gasteiger partial charge in [-0.2, -0.15) is 4.98 Å². The molecule has 1 aromatic carbocycles. The third-order valence-corrected chi connectivity index (χ3v) is 2.71. The van der Waals surface area contributed by atoms with Gasteiger partial charge in [-0.1, -0.05) is 6.07 Å². The van der Waals surface area contributed by atoms with Crippen LogP contribution in [0.4, 0.5) is 11.5 Å². The highest BCUT2D eigenvalue weighted by molar-refractivity contribution is 5.49. The van der Waals surface area contributed by atoms with Crippen molar-refractivity contribution in [1.29, 1.82) is 0 Å². The topological polar surface area (TPSA) is 113 Å². The van der Waals surface area contributed by atoms with Crippen LogP contribution in [0, 0.1) is 17.0 Å². The van der Waals surface area contributed by atoms with Crippen LogP contribution in [-0.2, 0) is 11.3 Å². The van der Waals surface area contributed by atoms with E-state index in [0.29, 0.717) is 17.1 Å². The zero-order valence-electron chi connectivity index (χ0n) is 11.6. The Morgan fingerprint density at radius 2 is 2.14 bits per heavy atom. The average molecular weight is 290 g/mol. The van der Waals surface area contributed by atoms with Gasteiger partial charge in [0.05, 0.1) is 10.5 Å². The van der Waals surface area contributed by atoms with E-state index >= 15 is 0 Å². The second-order valence-corrected chi connectivity index (χ2v) is 4.24. The van der Waals surface area contributed by atoms with E-state index in [-0.39, 0.29) is 24.0 Å². The Labute approximate surface area is 120 Å². The number of hydrogen-bond acceptors (Lipinski definition) is 7. The van der Waals surface area contributed by atoms with Crippen LogP contribution in [0.15, 0.2) is 24.3 Å². The molecule has 0 aliphatic heterocycles. The lowest BCUT2D eigenvalue weighted by molar-refractivity contribution is -0.385.